The van der Waals surface area contributed by atoms with Crippen LogP contribution in [0.5, 0.6) is 5.75 Å². The summed E-state index contributed by atoms with van der Waals surface area (Å²) in [7, 11) is 3.21. The van der Waals surface area contributed by atoms with Gasteiger partial charge in [-0.3, -0.25) is 9.59 Å². The summed E-state index contributed by atoms with van der Waals surface area (Å²) in [4.78, 5) is 32.7. The molecule has 2 aromatic carbocycles. The molecule has 0 atom stereocenters. The largest absolute Gasteiger partial charge is 0.497 e. The number of methoxy groups -OCH3 is 1. The van der Waals surface area contributed by atoms with E-state index >= 15 is 0 Å². The third-order valence-corrected chi connectivity index (χ3v) is 7.08. The van der Waals surface area contributed by atoms with Gasteiger partial charge in [0.25, 0.3) is 5.91 Å². The molecule has 0 fully saturated rings. The first-order chi connectivity index (χ1) is 17.2. The zero-order valence-corrected chi connectivity index (χ0v) is 22.2. The Kier molecular flexibility index (Phi) is 7.40. The lowest BCUT2D eigenvalue weighted by Crippen LogP contribution is -2.33. The number of rotatable bonds is 8. The molecule has 0 saturated heterocycles. The number of hydrogen-bond acceptors (Lipinski definition) is 7. The van der Waals surface area contributed by atoms with Gasteiger partial charge in [-0.1, -0.05) is 48.9 Å². The highest BCUT2D eigenvalue weighted by Crippen LogP contribution is 2.37. The van der Waals surface area contributed by atoms with Crippen molar-refractivity contribution in [3.05, 3.63) is 58.6 Å². The summed E-state index contributed by atoms with van der Waals surface area (Å²) in [6, 6.07) is 13.7. The second-order valence-corrected chi connectivity index (χ2v) is 9.85. The normalized spacial score (nSPS) is 11.2. The molecular weight excluding hydrogens is 476 g/mol. The number of aromatic nitrogens is 3. The number of benzene rings is 2. The number of hydrogen-bond donors (Lipinski definition) is 0. The van der Waals surface area contributed by atoms with Crippen LogP contribution in [0.4, 0.5) is 0 Å². The van der Waals surface area contributed by atoms with Gasteiger partial charge in [-0.15, -0.1) is 0 Å². The van der Waals surface area contributed by atoms with Gasteiger partial charge >= 0.3 is 5.97 Å². The summed E-state index contributed by atoms with van der Waals surface area (Å²) in [6.07, 6.45) is 0. The van der Waals surface area contributed by atoms with Crippen molar-refractivity contribution in [2.75, 3.05) is 27.3 Å². The first-order valence-corrected chi connectivity index (χ1v) is 12.6. The van der Waals surface area contributed by atoms with Crippen molar-refractivity contribution in [1.82, 2.24) is 19.7 Å². The Bertz CT molecular complexity index is 1420. The fourth-order valence-corrected chi connectivity index (χ4v) is 5.02. The summed E-state index contributed by atoms with van der Waals surface area (Å²) in [5, 5.41) is 6.09. The van der Waals surface area contributed by atoms with Crippen LogP contribution in [0.1, 0.15) is 47.6 Å². The molecule has 0 N–H and O–H groups in total. The SMILES string of the molecule is CCOC(=O)CN(C)C(=O)c1nn(-c2nc(-c3cccc(OC)c3)c(C(C)C)s2)c2ccc(C)cc12. The molecule has 0 aliphatic rings. The molecule has 4 aromatic rings. The Balaban J connectivity index is 1.83. The summed E-state index contributed by atoms with van der Waals surface area (Å²) in [5.41, 5.74) is 3.87. The molecule has 2 aromatic heterocycles. The zero-order valence-electron chi connectivity index (χ0n) is 21.4. The number of amides is 1. The minimum Gasteiger partial charge on any atom is -0.497 e. The average molecular weight is 507 g/mol. The molecule has 0 unspecified atom stereocenters. The third-order valence-electron chi connectivity index (χ3n) is 5.75. The standard InChI is InChI=1S/C27H30N4O4S/c1-7-35-22(32)15-30(5)26(33)24-20-13-17(4)11-12-21(20)31(29-24)27-28-23(25(36-27)16(2)3)18-9-8-10-19(14-18)34-6/h8-14,16H,7,15H2,1-6H3. The lowest BCUT2D eigenvalue weighted by atomic mass is 10.1. The van der Waals surface area contributed by atoms with E-state index in [4.69, 9.17) is 19.6 Å². The van der Waals surface area contributed by atoms with E-state index in [1.807, 2.05) is 49.4 Å². The van der Waals surface area contributed by atoms with E-state index in [1.54, 1.807) is 37.1 Å². The van der Waals surface area contributed by atoms with Gasteiger partial charge in [-0.2, -0.15) is 5.10 Å². The molecule has 8 nitrogen and oxygen atoms in total. The molecule has 0 bridgehead atoms. The van der Waals surface area contributed by atoms with Crippen LogP contribution in [0.15, 0.2) is 42.5 Å². The molecule has 188 valence electrons. The van der Waals surface area contributed by atoms with Crippen LogP contribution in [0.2, 0.25) is 0 Å². The molecule has 4 rings (SSSR count). The fourth-order valence-electron chi connectivity index (χ4n) is 3.97. The summed E-state index contributed by atoms with van der Waals surface area (Å²) < 4.78 is 12.1. The van der Waals surface area contributed by atoms with Gasteiger partial charge in [0.1, 0.15) is 12.3 Å². The minimum absolute atomic E-state index is 0.151. The predicted molar refractivity (Wildman–Crippen MR) is 141 cm³/mol. The second-order valence-electron chi connectivity index (χ2n) is 8.84. The smallest absolute Gasteiger partial charge is 0.325 e. The minimum atomic E-state index is -0.460. The Morgan fingerprint density at radius 1 is 1.17 bits per heavy atom. The van der Waals surface area contributed by atoms with Gasteiger partial charge in [0.15, 0.2) is 5.69 Å². The number of ether oxygens (including phenoxy) is 2. The van der Waals surface area contributed by atoms with Gasteiger partial charge in [-0.25, -0.2) is 9.67 Å². The van der Waals surface area contributed by atoms with Crippen molar-refractivity contribution in [1.29, 1.82) is 0 Å². The van der Waals surface area contributed by atoms with Gasteiger partial charge in [0.2, 0.25) is 5.13 Å². The summed E-state index contributed by atoms with van der Waals surface area (Å²) in [6.45, 7) is 8.07. The van der Waals surface area contributed by atoms with Gasteiger partial charge in [0, 0.05) is 22.9 Å². The van der Waals surface area contributed by atoms with Crippen molar-refractivity contribution >= 4 is 34.1 Å². The molecule has 9 heteroatoms. The number of thiazole rings is 1. The van der Waals surface area contributed by atoms with Crippen molar-refractivity contribution in [2.45, 2.75) is 33.6 Å². The van der Waals surface area contributed by atoms with E-state index in [-0.39, 0.29) is 30.7 Å². The Hall–Kier alpha value is -3.72. The molecule has 36 heavy (non-hydrogen) atoms. The molecule has 2 heterocycles. The van der Waals surface area contributed by atoms with Crippen LogP contribution in [-0.2, 0) is 9.53 Å². The second kappa shape index (κ2) is 10.5. The Morgan fingerprint density at radius 2 is 1.94 bits per heavy atom. The number of aryl methyl sites for hydroxylation is 1. The highest BCUT2D eigenvalue weighted by molar-refractivity contribution is 7.14. The highest BCUT2D eigenvalue weighted by Gasteiger charge is 2.25. The number of fused-ring (bicyclic) bond motifs is 1. The van der Waals surface area contributed by atoms with Crippen LogP contribution in [0.3, 0.4) is 0 Å². The molecule has 1 amide bonds. The zero-order chi connectivity index (χ0) is 26.0. The molecule has 0 saturated carbocycles. The molecule has 0 spiro atoms. The first-order valence-electron chi connectivity index (χ1n) is 11.8. The van der Waals surface area contributed by atoms with Gasteiger partial charge in [0.05, 0.1) is 24.9 Å². The monoisotopic (exact) mass is 506 g/mol. The van der Waals surface area contributed by atoms with Crippen LogP contribution in [0, 0.1) is 6.92 Å². The molecular formula is C27H30N4O4S. The van der Waals surface area contributed by atoms with Crippen molar-refractivity contribution < 1.29 is 19.1 Å². The maximum absolute atomic E-state index is 13.3. The van der Waals surface area contributed by atoms with Gasteiger partial charge in [-0.05, 0) is 44.0 Å². The van der Waals surface area contributed by atoms with Crippen molar-refractivity contribution in [2.24, 2.45) is 0 Å². The average Bonchev–Trinajstić information content (AvgIpc) is 3.45. The van der Waals surface area contributed by atoms with E-state index in [2.05, 4.69) is 13.8 Å². The van der Waals surface area contributed by atoms with Crippen LogP contribution >= 0.6 is 11.3 Å². The number of nitrogens with zero attached hydrogens (tertiary/aromatic N) is 4. The number of esters is 1. The van der Waals surface area contributed by atoms with Crippen LogP contribution in [0.25, 0.3) is 27.3 Å². The molecule has 0 aliphatic carbocycles. The number of carbonyl (C=O) groups is 2. The van der Waals surface area contributed by atoms with E-state index in [0.717, 1.165) is 33.0 Å². The third kappa shape index (κ3) is 4.97. The van der Waals surface area contributed by atoms with Gasteiger partial charge < -0.3 is 14.4 Å². The van der Waals surface area contributed by atoms with Crippen LogP contribution in [-0.4, -0.2) is 58.8 Å². The van der Waals surface area contributed by atoms with Crippen molar-refractivity contribution in [3.8, 4) is 22.1 Å². The Labute approximate surface area is 214 Å². The highest BCUT2D eigenvalue weighted by atomic mass is 32.1. The first kappa shape index (κ1) is 25.4. The summed E-state index contributed by atoms with van der Waals surface area (Å²) >= 11 is 1.55. The van der Waals surface area contributed by atoms with E-state index in [1.165, 1.54) is 4.90 Å². The molecule has 0 aliphatic heterocycles. The summed E-state index contributed by atoms with van der Waals surface area (Å²) in [5.74, 6) is 0.177. The van der Waals surface area contributed by atoms with E-state index < -0.39 is 5.97 Å². The maximum atomic E-state index is 13.3. The molecule has 0 radical (unpaired) electrons. The number of carbonyl (C=O) groups excluding carboxylic acids is 2. The number of likely N-dealkylation sites (N-methyl/N-ethyl adjacent to an activating group) is 1. The van der Waals surface area contributed by atoms with Crippen molar-refractivity contribution in [3.63, 3.8) is 0 Å². The van der Waals surface area contributed by atoms with E-state index in [0.29, 0.717) is 10.5 Å². The topological polar surface area (TPSA) is 86.6 Å². The maximum Gasteiger partial charge on any atom is 0.325 e. The fraction of sp³-hybridized carbons (Fsp3) is 0.333. The quantitative estimate of drug-likeness (QED) is 0.304. The Morgan fingerprint density at radius 3 is 2.64 bits per heavy atom. The lowest BCUT2D eigenvalue weighted by molar-refractivity contribution is -0.143. The van der Waals surface area contributed by atoms with E-state index in [9.17, 15) is 9.59 Å². The predicted octanol–water partition coefficient (Wildman–Crippen LogP) is 5.22. The lowest BCUT2D eigenvalue weighted by Gasteiger charge is -2.14. The van der Waals surface area contributed by atoms with Crippen LogP contribution < -0.4 is 4.74 Å².